The molecule has 2 N–H and O–H groups in total. The molecule has 24 heavy (non-hydrogen) atoms. The normalized spacial score (nSPS) is 12.0. The molecule has 8 heteroatoms. The molecule has 8 nitrogen and oxygen atoms in total. The SMILES string of the molecule is COC(=O)[C@@H](NC(=O)CCNC(=O)OC(C)(C)C)c1cccnc1. The first-order valence-corrected chi connectivity index (χ1v) is 7.47. The molecule has 0 aliphatic rings. The van der Waals surface area contributed by atoms with Gasteiger partial charge >= 0.3 is 12.1 Å². The van der Waals surface area contributed by atoms with Crippen molar-refractivity contribution in [2.75, 3.05) is 13.7 Å². The minimum atomic E-state index is -0.947. The number of hydrogen-bond donors (Lipinski definition) is 2. The van der Waals surface area contributed by atoms with Gasteiger partial charge < -0.3 is 20.1 Å². The molecular weight excluding hydrogens is 314 g/mol. The maximum atomic E-state index is 12.0. The van der Waals surface area contributed by atoms with E-state index in [-0.39, 0.29) is 13.0 Å². The molecule has 0 aliphatic carbocycles. The van der Waals surface area contributed by atoms with Crippen LogP contribution in [0.3, 0.4) is 0 Å². The quantitative estimate of drug-likeness (QED) is 0.758. The zero-order valence-corrected chi connectivity index (χ0v) is 14.3. The highest BCUT2D eigenvalue weighted by molar-refractivity contribution is 5.85. The van der Waals surface area contributed by atoms with E-state index in [1.54, 1.807) is 39.1 Å². The molecule has 2 amide bonds. The Balaban J connectivity index is 2.52. The molecule has 0 saturated carbocycles. The number of nitrogens with one attached hydrogen (secondary N) is 2. The van der Waals surface area contributed by atoms with E-state index in [0.29, 0.717) is 5.56 Å². The Bertz CT molecular complexity index is 569. The first kappa shape index (κ1) is 19.4. The third-order valence-electron chi connectivity index (χ3n) is 2.78. The van der Waals surface area contributed by atoms with E-state index in [0.717, 1.165) is 0 Å². The van der Waals surface area contributed by atoms with Crippen LogP contribution in [0.4, 0.5) is 4.79 Å². The monoisotopic (exact) mass is 337 g/mol. The van der Waals surface area contributed by atoms with Crippen molar-refractivity contribution < 1.29 is 23.9 Å². The summed E-state index contributed by atoms with van der Waals surface area (Å²) in [4.78, 5) is 39.2. The summed E-state index contributed by atoms with van der Waals surface area (Å²) in [6.07, 6.45) is 2.42. The smallest absolute Gasteiger partial charge is 0.407 e. The second-order valence-corrected chi connectivity index (χ2v) is 5.99. The number of amides is 2. The second-order valence-electron chi connectivity index (χ2n) is 5.99. The Kier molecular flexibility index (Phi) is 7.16. The number of aromatic nitrogens is 1. The van der Waals surface area contributed by atoms with Gasteiger partial charge in [0.25, 0.3) is 0 Å². The Morgan fingerprint density at radius 1 is 1.29 bits per heavy atom. The van der Waals surface area contributed by atoms with Crippen LogP contribution in [0.5, 0.6) is 0 Å². The number of hydrogen-bond acceptors (Lipinski definition) is 6. The summed E-state index contributed by atoms with van der Waals surface area (Å²) in [6, 6.07) is 2.37. The predicted octanol–water partition coefficient (Wildman–Crippen LogP) is 1.33. The summed E-state index contributed by atoms with van der Waals surface area (Å²) in [5.41, 5.74) is -0.0966. The Morgan fingerprint density at radius 2 is 2.00 bits per heavy atom. The zero-order valence-electron chi connectivity index (χ0n) is 14.3. The maximum absolute atomic E-state index is 12.0. The zero-order chi connectivity index (χ0) is 18.2. The van der Waals surface area contributed by atoms with Crippen LogP contribution >= 0.6 is 0 Å². The van der Waals surface area contributed by atoms with Crippen molar-refractivity contribution in [3.63, 3.8) is 0 Å². The van der Waals surface area contributed by atoms with Gasteiger partial charge in [0.1, 0.15) is 5.60 Å². The third kappa shape index (κ3) is 7.08. The van der Waals surface area contributed by atoms with Crippen molar-refractivity contribution in [1.29, 1.82) is 0 Å². The molecule has 0 fully saturated rings. The number of ether oxygens (including phenoxy) is 2. The molecule has 1 heterocycles. The van der Waals surface area contributed by atoms with E-state index >= 15 is 0 Å². The largest absolute Gasteiger partial charge is 0.467 e. The summed E-state index contributed by atoms with van der Waals surface area (Å²) in [6.45, 7) is 5.32. The Hall–Kier alpha value is -2.64. The first-order chi connectivity index (χ1) is 11.2. The fourth-order valence-electron chi connectivity index (χ4n) is 1.77. The molecule has 1 aromatic rings. The predicted molar refractivity (Wildman–Crippen MR) is 86.0 cm³/mol. The third-order valence-corrected chi connectivity index (χ3v) is 2.78. The Morgan fingerprint density at radius 3 is 2.54 bits per heavy atom. The lowest BCUT2D eigenvalue weighted by Crippen LogP contribution is -2.38. The minimum absolute atomic E-state index is 0.00695. The molecule has 0 spiro atoms. The summed E-state index contributed by atoms with van der Waals surface area (Å²) in [5.74, 6) is -1.01. The van der Waals surface area contributed by atoms with Gasteiger partial charge in [-0.15, -0.1) is 0 Å². The van der Waals surface area contributed by atoms with Crippen molar-refractivity contribution in [2.45, 2.75) is 38.8 Å². The van der Waals surface area contributed by atoms with Crippen LogP contribution < -0.4 is 10.6 Å². The van der Waals surface area contributed by atoms with E-state index in [1.165, 1.54) is 13.3 Å². The van der Waals surface area contributed by atoms with Crippen LogP contribution in [-0.2, 0) is 19.1 Å². The number of alkyl carbamates (subject to hydrolysis) is 1. The summed E-state index contributed by atoms with van der Waals surface area (Å²) < 4.78 is 9.76. The highest BCUT2D eigenvalue weighted by atomic mass is 16.6. The van der Waals surface area contributed by atoms with E-state index in [4.69, 9.17) is 9.47 Å². The average Bonchev–Trinajstić information content (AvgIpc) is 2.51. The van der Waals surface area contributed by atoms with Crippen LogP contribution in [0.25, 0.3) is 0 Å². The molecule has 0 saturated heterocycles. The van der Waals surface area contributed by atoms with E-state index in [2.05, 4.69) is 15.6 Å². The van der Waals surface area contributed by atoms with Crippen molar-refractivity contribution in [3.8, 4) is 0 Å². The summed E-state index contributed by atoms with van der Waals surface area (Å²) in [7, 11) is 1.24. The first-order valence-electron chi connectivity index (χ1n) is 7.47. The molecule has 0 radical (unpaired) electrons. The van der Waals surface area contributed by atoms with Crippen molar-refractivity contribution in [2.24, 2.45) is 0 Å². The van der Waals surface area contributed by atoms with Gasteiger partial charge in [-0.25, -0.2) is 9.59 Å². The molecule has 1 aromatic heterocycles. The van der Waals surface area contributed by atoms with Gasteiger partial charge in [-0.2, -0.15) is 0 Å². The van der Waals surface area contributed by atoms with Gasteiger partial charge in [-0.1, -0.05) is 6.07 Å². The molecule has 1 rings (SSSR count). The van der Waals surface area contributed by atoms with Gasteiger partial charge in [-0.05, 0) is 26.8 Å². The minimum Gasteiger partial charge on any atom is -0.467 e. The molecule has 1 atom stereocenters. The number of methoxy groups -OCH3 is 1. The van der Waals surface area contributed by atoms with Gasteiger partial charge in [0.15, 0.2) is 6.04 Å². The number of esters is 1. The van der Waals surface area contributed by atoms with E-state index < -0.39 is 29.6 Å². The van der Waals surface area contributed by atoms with Crippen molar-refractivity contribution >= 4 is 18.0 Å². The number of carbonyl (C=O) groups excluding carboxylic acids is 3. The molecule has 0 unspecified atom stereocenters. The number of nitrogens with zero attached hydrogens (tertiary/aromatic N) is 1. The van der Waals surface area contributed by atoms with Gasteiger partial charge in [-0.3, -0.25) is 9.78 Å². The lowest BCUT2D eigenvalue weighted by atomic mass is 10.1. The van der Waals surface area contributed by atoms with E-state index in [9.17, 15) is 14.4 Å². The maximum Gasteiger partial charge on any atom is 0.407 e. The van der Waals surface area contributed by atoms with Crippen LogP contribution in [0.2, 0.25) is 0 Å². The van der Waals surface area contributed by atoms with Gasteiger partial charge in [0.2, 0.25) is 5.91 Å². The fourth-order valence-corrected chi connectivity index (χ4v) is 1.77. The molecule has 0 aromatic carbocycles. The van der Waals surface area contributed by atoms with Crippen molar-refractivity contribution in [1.82, 2.24) is 15.6 Å². The lowest BCUT2D eigenvalue weighted by molar-refractivity contribution is -0.145. The van der Waals surface area contributed by atoms with Gasteiger partial charge in [0.05, 0.1) is 7.11 Å². The standard InChI is InChI=1S/C16H23N3O5/c1-16(2,3)24-15(22)18-9-7-12(20)19-13(14(21)23-4)11-6-5-8-17-10-11/h5-6,8,10,13H,7,9H2,1-4H3,(H,18,22)(H,19,20)/t13-/m0/s1. The topological polar surface area (TPSA) is 107 Å². The molecule has 132 valence electrons. The van der Waals surface area contributed by atoms with Crippen molar-refractivity contribution in [3.05, 3.63) is 30.1 Å². The van der Waals surface area contributed by atoms with Crippen LogP contribution in [-0.4, -0.2) is 42.2 Å². The molecule has 0 aliphatic heterocycles. The van der Waals surface area contributed by atoms with Crippen LogP contribution in [0.1, 0.15) is 38.8 Å². The lowest BCUT2D eigenvalue weighted by Gasteiger charge is -2.20. The number of carbonyl (C=O) groups is 3. The van der Waals surface area contributed by atoms with E-state index in [1.807, 2.05) is 0 Å². The summed E-state index contributed by atoms with van der Waals surface area (Å²) in [5, 5.41) is 5.04. The number of rotatable bonds is 6. The summed E-state index contributed by atoms with van der Waals surface area (Å²) >= 11 is 0. The van der Waals surface area contributed by atoms with Crippen LogP contribution in [0, 0.1) is 0 Å². The molecule has 0 bridgehead atoms. The van der Waals surface area contributed by atoms with Crippen LogP contribution in [0.15, 0.2) is 24.5 Å². The average molecular weight is 337 g/mol. The van der Waals surface area contributed by atoms with Gasteiger partial charge in [0, 0.05) is 30.9 Å². The highest BCUT2D eigenvalue weighted by Gasteiger charge is 2.23. The Labute approximate surface area is 140 Å². The molecular formula is C16H23N3O5. The number of pyridine rings is 1. The fraction of sp³-hybridized carbons (Fsp3) is 0.500. The second kappa shape index (κ2) is 8.85. The highest BCUT2D eigenvalue weighted by Crippen LogP contribution is 2.13.